The molecule has 3 aromatic rings. The minimum absolute atomic E-state index is 0.199. The molecular weight excluding hydrogens is 358 g/mol. The molecule has 1 heterocycles. The summed E-state index contributed by atoms with van der Waals surface area (Å²) >= 11 is 6.04. The van der Waals surface area contributed by atoms with Gasteiger partial charge in [-0.1, -0.05) is 41.9 Å². The summed E-state index contributed by atoms with van der Waals surface area (Å²) in [6.07, 6.45) is 3.59. The molecule has 0 aliphatic rings. The molecule has 0 unspecified atom stereocenters. The normalized spacial score (nSPS) is 11.6. The number of nitrogens with one attached hydrogen (secondary N) is 1. The number of rotatable bonds is 6. The van der Waals surface area contributed by atoms with E-state index in [0.717, 1.165) is 11.1 Å². The second-order valence-electron chi connectivity index (χ2n) is 5.66. The lowest BCUT2D eigenvalue weighted by molar-refractivity contribution is 0.580. The zero-order valence-electron chi connectivity index (χ0n) is 13.7. The van der Waals surface area contributed by atoms with Crippen LogP contribution >= 0.6 is 11.6 Å². The molecule has 5 nitrogen and oxygen atoms in total. The maximum absolute atomic E-state index is 12.6. The number of hydrogen-bond donors (Lipinski definition) is 1. The molecule has 0 fully saturated rings. The fraction of sp³-hybridized carbons (Fsp3) is 0.167. The predicted octanol–water partition coefficient (Wildman–Crippen LogP) is 3.37. The van der Waals surface area contributed by atoms with Gasteiger partial charge in [0.15, 0.2) is 0 Å². The Balaban J connectivity index is 1.80. The van der Waals surface area contributed by atoms with E-state index in [0.29, 0.717) is 17.1 Å². The summed E-state index contributed by atoms with van der Waals surface area (Å²) in [5.74, 6) is 0. The predicted molar refractivity (Wildman–Crippen MR) is 98.0 cm³/mol. The second-order valence-corrected chi connectivity index (χ2v) is 7.80. The molecular formula is C18H18ClN3O2S. The number of halogens is 1. The molecule has 0 atom stereocenters. The van der Waals surface area contributed by atoms with E-state index in [1.54, 1.807) is 36.0 Å². The van der Waals surface area contributed by atoms with Crippen molar-refractivity contribution in [2.45, 2.75) is 24.9 Å². The number of benzene rings is 2. The van der Waals surface area contributed by atoms with Gasteiger partial charge in [-0.15, -0.1) is 0 Å². The molecule has 7 heteroatoms. The second kappa shape index (κ2) is 7.39. The van der Waals surface area contributed by atoms with Crippen LogP contribution in [0.2, 0.25) is 5.02 Å². The third-order valence-electron chi connectivity index (χ3n) is 3.97. The maximum Gasteiger partial charge on any atom is 0.241 e. The molecule has 1 aromatic heterocycles. The standard InChI is InChI=1S/C18H18ClN3O2S/c1-14-17(19)8-4-9-18(14)25(23,24)21-12-15-6-2-3-7-16(15)13-22-11-5-10-20-22/h2-11,21H,12-13H2,1H3. The van der Waals surface area contributed by atoms with Crippen molar-refractivity contribution in [1.29, 1.82) is 0 Å². The highest BCUT2D eigenvalue weighted by atomic mass is 35.5. The first kappa shape index (κ1) is 17.7. The molecule has 2 aromatic carbocycles. The molecule has 0 aliphatic carbocycles. The molecule has 0 saturated carbocycles. The molecule has 1 N–H and O–H groups in total. The average molecular weight is 376 g/mol. The topological polar surface area (TPSA) is 64.0 Å². The molecule has 0 spiro atoms. The Kier molecular flexibility index (Phi) is 5.22. The van der Waals surface area contributed by atoms with Gasteiger partial charge in [-0.3, -0.25) is 4.68 Å². The molecule has 0 aliphatic heterocycles. The highest BCUT2D eigenvalue weighted by Crippen LogP contribution is 2.23. The summed E-state index contributed by atoms with van der Waals surface area (Å²) in [5.41, 5.74) is 2.46. The van der Waals surface area contributed by atoms with Crippen LogP contribution < -0.4 is 4.72 Å². The molecule has 0 saturated heterocycles. The van der Waals surface area contributed by atoms with Crippen LogP contribution in [0.5, 0.6) is 0 Å². The number of aromatic nitrogens is 2. The summed E-state index contributed by atoms with van der Waals surface area (Å²) < 4.78 is 29.7. The molecule has 25 heavy (non-hydrogen) atoms. The van der Waals surface area contributed by atoms with Crippen molar-refractivity contribution in [1.82, 2.24) is 14.5 Å². The maximum atomic E-state index is 12.6. The third-order valence-corrected chi connectivity index (χ3v) is 5.93. The first-order valence-electron chi connectivity index (χ1n) is 7.76. The minimum atomic E-state index is -3.65. The van der Waals surface area contributed by atoms with E-state index >= 15 is 0 Å². The Hall–Kier alpha value is -2.15. The first-order valence-corrected chi connectivity index (χ1v) is 9.62. The Morgan fingerprint density at radius 2 is 1.84 bits per heavy atom. The van der Waals surface area contributed by atoms with Gasteiger partial charge in [-0.05, 0) is 41.8 Å². The molecule has 0 radical (unpaired) electrons. The van der Waals surface area contributed by atoms with Crippen LogP contribution in [-0.2, 0) is 23.1 Å². The van der Waals surface area contributed by atoms with Gasteiger partial charge < -0.3 is 0 Å². The van der Waals surface area contributed by atoms with Crippen LogP contribution in [0.15, 0.2) is 65.8 Å². The highest BCUT2D eigenvalue weighted by Gasteiger charge is 2.18. The highest BCUT2D eigenvalue weighted by molar-refractivity contribution is 7.89. The molecule has 3 rings (SSSR count). The fourth-order valence-electron chi connectivity index (χ4n) is 2.58. The number of nitrogens with zero attached hydrogens (tertiary/aromatic N) is 2. The van der Waals surface area contributed by atoms with Crippen molar-refractivity contribution < 1.29 is 8.42 Å². The van der Waals surface area contributed by atoms with Gasteiger partial charge in [0.25, 0.3) is 0 Å². The van der Waals surface area contributed by atoms with Crippen molar-refractivity contribution in [3.05, 3.63) is 82.6 Å². The molecule has 130 valence electrons. The Morgan fingerprint density at radius 3 is 2.56 bits per heavy atom. The van der Waals surface area contributed by atoms with Crippen molar-refractivity contribution >= 4 is 21.6 Å². The quantitative estimate of drug-likeness (QED) is 0.718. The summed E-state index contributed by atoms with van der Waals surface area (Å²) in [7, 11) is -3.65. The van der Waals surface area contributed by atoms with E-state index in [1.807, 2.05) is 36.5 Å². The van der Waals surface area contributed by atoms with Gasteiger partial charge in [-0.25, -0.2) is 13.1 Å². The van der Waals surface area contributed by atoms with E-state index in [1.165, 1.54) is 0 Å². The van der Waals surface area contributed by atoms with Crippen LogP contribution in [0.1, 0.15) is 16.7 Å². The third kappa shape index (κ3) is 4.10. The Bertz CT molecular complexity index is 970. The zero-order valence-corrected chi connectivity index (χ0v) is 15.3. The fourth-order valence-corrected chi connectivity index (χ4v) is 4.08. The average Bonchev–Trinajstić information content (AvgIpc) is 3.09. The monoisotopic (exact) mass is 375 g/mol. The van der Waals surface area contributed by atoms with E-state index in [9.17, 15) is 8.42 Å². The summed E-state index contributed by atoms with van der Waals surface area (Å²) in [6.45, 7) is 2.48. The van der Waals surface area contributed by atoms with E-state index in [4.69, 9.17) is 11.6 Å². The number of sulfonamides is 1. The lowest BCUT2D eigenvalue weighted by Crippen LogP contribution is -2.24. The SMILES string of the molecule is Cc1c(Cl)cccc1S(=O)(=O)NCc1ccccc1Cn1cccn1. The van der Waals surface area contributed by atoms with Crippen molar-refractivity contribution in [3.63, 3.8) is 0 Å². The van der Waals surface area contributed by atoms with Crippen LogP contribution in [-0.4, -0.2) is 18.2 Å². The first-order chi connectivity index (χ1) is 12.0. The van der Waals surface area contributed by atoms with Gasteiger partial charge in [0, 0.05) is 24.0 Å². The van der Waals surface area contributed by atoms with E-state index in [-0.39, 0.29) is 11.4 Å². The van der Waals surface area contributed by atoms with E-state index < -0.39 is 10.0 Å². The lowest BCUT2D eigenvalue weighted by atomic mass is 10.1. The minimum Gasteiger partial charge on any atom is -0.268 e. The number of hydrogen-bond acceptors (Lipinski definition) is 3. The van der Waals surface area contributed by atoms with E-state index in [2.05, 4.69) is 9.82 Å². The van der Waals surface area contributed by atoms with Gasteiger partial charge in [0.2, 0.25) is 10.0 Å². The van der Waals surface area contributed by atoms with Crippen LogP contribution in [0.4, 0.5) is 0 Å². The summed E-state index contributed by atoms with van der Waals surface area (Å²) in [4.78, 5) is 0.199. The molecule has 0 bridgehead atoms. The van der Waals surface area contributed by atoms with Gasteiger partial charge >= 0.3 is 0 Å². The Labute approximate surface area is 152 Å². The van der Waals surface area contributed by atoms with Crippen LogP contribution in [0.3, 0.4) is 0 Å². The lowest BCUT2D eigenvalue weighted by Gasteiger charge is -2.13. The van der Waals surface area contributed by atoms with Crippen LogP contribution in [0.25, 0.3) is 0 Å². The van der Waals surface area contributed by atoms with Crippen molar-refractivity contribution in [2.24, 2.45) is 0 Å². The van der Waals surface area contributed by atoms with Crippen molar-refractivity contribution in [3.8, 4) is 0 Å². The summed E-state index contributed by atoms with van der Waals surface area (Å²) in [5, 5.41) is 4.63. The molecule has 0 amide bonds. The zero-order chi connectivity index (χ0) is 17.9. The summed E-state index contributed by atoms with van der Waals surface area (Å²) in [6, 6.07) is 14.4. The smallest absolute Gasteiger partial charge is 0.241 e. The van der Waals surface area contributed by atoms with Gasteiger partial charge in [-0.2, -0.15) is 5.10 Å². The van der Waals surface area contributed by atoms with Crippen LogP contribution in [0, 0.1) is 6.92 Å². The van der Waals surface area contributed by atoms with Crippen molar-refractivity contribution in [2.75, 3.05) is 0 Å². The largest absolute Gasteiger partial charge is 0.268 e. The van der Waals surface area contributed by atoms with Gasteiger partial charge in [0.1, 0.15) is 0 Å². The Morgan fingerprint density at radius 1 is 1.08 bits per heavy atom. The van der Waals surface area contributed by atoms with Gasteiger partial charge in [0.05, 0.1) is 11.4 Å².